The Bertz CT molecular complexity index is 802. The first-order valence-electron chi connectivity index (χ1n) is 6.91. The van der Waals surface area contributed by atoms with Crippen LogP contribution in [0.3, 0.4) is 0 Å². The number of fused-ring (bicyclic) bond motifs is 3. The molecule has 0 fully saturated rings. The molecule has 1 aliphatic rings. The molecule has 0 aliphatic carbocycles. The molecule has 0 saturated heterocycles. The van der Waals surface area contributed by atoms with Gasteiger partial charge in [-0.3, -0.25) is 4.68 Å². The van der Waals surface area contributed by atoms with Crippen LogP contribution in [0.2, 0.25) is 5.02 Å². The zero-order valence-corrected chi connectivity index (χ0v) is 12.4. The van der Waals surface area contributed by atoms with Crippen molar-refractivity contribution in [3.63, 3.8) is 0 Å². The second-order valence-corrected chi connectivity index (χ2v) is 5.73. The predicted molar refractivity (Wildman–Crippen MR) is 82.7 cm³/mol. The van der Waals surface area contributed by atoms with E-state index in [-0.39, 0.29) is 6.04 Å². The highest BCUT2D eigenvalue weighted by Crippen LogP contribution is 2.30. The van der Waals surface area contributed by atoms with Gasteiger partial charge in [0.15, 0.2) is 0 Å². The summed E-state index contributed by atoms with van der Waals surface area (Å²) in [6, 6.07) is 12.3. The van der Waals surface area contributed by atoms with E-state index in [1.807, 2.05) is 36.1 Å². The van der Waals surface area contributed by atoms with Gasteiger partial charge in [-0.2, -0.15) is 5.10 Å². The van der Waals surface area contributed by atoms with Gasteiger partial charge in [-0.25, -0.2) is 0 Å². The third kappa shape index (κ3) is 1.99. The van der Waals surface area contributed by atoms with Crippen LogP contribution in [0.1, 0.15) is 22.9 Å². The number of rotatable bonds is 1. The minimum atomic E-state index is 0.117. The molecule has 1 aliphatic heterocycles. The Labute approximate surface area is 128 Å². The van der Waals surface area contributed by atoms with E-state index < -0.39 is 0 Å². The van der Waals surface area contributed by atoms with Gasteiger partial charge in [0.25, 0.3) is 0 Å². The van der Waals surface area contributed by atoms with E-state index >= 15 is 0 Å². The van der Waals surface area contributed by atoms with Crippen LogP contribution in [0, 0.1) is 0 Å². The van der Waals surface area contributed by atoms with Gasteiger partial charge in [-0.05, 0) is 29.8 Å². The van der Waals surface area contributed by atoms with Crippen LogP contribution in [-0.4, -0.2) is 14.3 Å². The fourth-order valence-electron chi connectivity index (χ4n) is 3.03. The molecule has 0 radical (unpaired) electrons. The molecule has 1 atom stereocenters. The highest BCUT2D eigenvalue weighted by atomic mass is 35.5. The molecule has 1 N–H and O–H groups in total. The van der Waals surface area contributed by atoms with E-state index in [1.54, 1.807) is 0 Å². The van der Waals surface area contributed by atoms with Gasteiger partial charge in [-0.1, -0.05) is 23.7 Å². The molecule has 0 amide bonds. The Hall–Kier alpha value is -2.04. The average Bonchev–Trinajstić information content (AvgIpc) is 3.03. The van der Waals surface area contributed by atoms with Gasteiger partial charge in [-0.15, -0.1) is 0 Å². The molecule has 3 heterocycles. The van der Waals surface area contributed by atoms with E-state index in [1.165, 1.54) is 16.8 Å². The first-order chi connectivity index (χ1) is 10.2. The normalized spacial score (nSPS) is 17.1. The summed E-state index contributed by atoms with van der Waals surface area (Å²) in [4.78, 5) is 0. The SMILES string of the molecule is Cn1ncc2c1-n1cccc1C(c1cccc(Cl)c1)NC2. The van der Waals surface area contributed by atoms with Crippen molar-refractivity contribution in [2.24, 2.45) is 7.05 Å². The summed E-state index contributed by atoms with van der Waals surface area (Å²) in [5, 5.41) is 8.73. The molecule has 2 aromatic heterocycles. The highest BCUT2D eigenvalue weighted by molar-refractivity contribution is 6.30. The summed E-state index contributed by atoms with van der Waals surface area (Å²) in [6.45, 7) is 0.780. The van der Waals surface area contributed by atoms with Gasteiger partial charge in [0.1, 0.15) is 5.82 Å². The smallest absolute Gasteiger partial charge is 0.139 e. The predicted octanol–water partition coefficient (Wildman–Crippen LogP) is 3.06. The lowest BCUT2D eigenvalue weighted by atomic mass is 10.0. The van der Waals surface area contributed by atoms with Crippen molar-refractivity contribution in [3.05, 3.63) is 70.6 Å². The number of hydrogen-bond donors (Lipinski definition) is 1. The lowest BCUT2D eigenvalue weighted by Gasteiger charge is -2.18. The van der Waals surface area contributed by atoms with Crippen LogP contribution < -0.4 is 5.32 Å². The third-order valence-corrected chi connectivity index (χ3v) is 4.20. The molecule has 4 rings (SSSR count). The average molecular weight is 299 g/mol. The number of benzene rings is 1. The van der Waals surface area contributed by atoms with E-state index in [0.29, 0.717) is 0 Å². The van der Waals surface area contributed by atoms with Crippen LogP contribution in [-0.2, 0) is 13.6 Å². The summed E-state index contributed by atoms with van der Waals surface area (Å²) >= 11 is 6.15. The van der Waals surface area contributed by atoms with Gasteiger partial charge in [0.2, 0.25) is 0 Å². The molecule has 5 heteroatoms. The van der Waals surface area contributed by atoms with E-state index in [2.05, 4.69) is 39.4 Å². The zero-order valence-electron chi connectivity index (χ0n) is 11.6. The fraction of sp³-hybridized carbons (Fsp3) is 0.188. The lowest BCUT2D eigenvalue weighted by Crippen LogP contribution is -2.21. The van der Waals surface area contributed by atoms with E-state index in [4.69, 9.17) is 11.6 Å². The number of aromatic nitrogens is 3. The maximum absolute atomic E-state index is 6.15. The second kappa shape index (κ2) is 4.76. The quantitative estimate of drug-likeness (QED) is 0.749. The second-order valence-electron chi connectivity index (χ2n) is 5.29. The summed E-state index contributed by atoms with van der Waals surface area (Å²) < 4.78 is 4.12. The maximum atomic E-state index is 6.15. The van der Waals surface area contributed by atoms with Gasteiger partial charge >= 0.3 is 0 Å². The Balaban J connectivity index is 1.88. The number of hydrogen-bond acceptors (Lipinski definition) is 2. The number of nitrogens with zero attached hydrogens (tertiary/aromatic N) is 3. The first-order valence-corrected chi connectivity index (χ1v) is 7.29. The Morgan fingerprint density at radius 3 is 3.05 bits per heavy atom. The fourth-order valence-corrected chi connectivity index (χ4v) is 3.22. The van der Waals surface area contributed by atoms with Crippen LogP contribution >= 0.6 is 11.6 Å². The van der Waals surface area contributed by atoms with Crippen molar-refractivity contribution in [3.8, 4) is 5.82 Å². The van der Waals surface area contributed by atoms with Crippen LogP contribution in [0.5, 0.6) is 0 Å². The molecule has 3 aromatic rings. The molecule has 21 heavy (non-hydrogen) atoms. The standard InChI is InChI=1S/C16H15ClN4/c1-20-16-12(10-19-20)9-18-15(14-6-3-7-21(14)16)11-4-2-5-13(17)8-11/h2-8,10,15,18H,9H2,1H3. The monoisotopic (exact) mass is 298 g/mol. The van der Waals surface area contributed by atoms with Crippen LogP contribution in [0.4, 0.5) is 0 Å². The van der Waals surface area contributed by atoms with Crippen molar-refractivity contribution in [2.45, 2.75) is 12.6 Å². The lowest BCUT2D eigenvalue weighted by molar-refractivity contribution is 0.597. The van der Waals surface area contributed by atoms with Crippen molar-refractivity contribution in [2.75, 3.05) is 0 Å². The van der Waals surface area contributed by atoms with Crippen molar-refractivity contribution in [1.82, 2.24) is 19.7 Å². The number of aryl methyl sites for hydroxylation is 1. The number of nitrogens with one attached hydrogen (secondary N) is 1. The number of halogens is 1. The molecule has 0 spiro atoms. The Morgan fingerprint density at radius 2 is 2.19 bits per heavy atom. The molecular weight excluding hydrogens is 284 g/mol. The molecule has 0 saturated carbocycles. The zero-order chi connectivity index (χ0) is 14.4. The summed E-state index contributed by atoms with van der Waals surface area (Å²) in [6.07, 6.45) is 4.01. The minimum Gasteiger partial charge on any atom is -0.304 e. The van der Waals surface area contributed by atoms with E-state index in [9.17, 15) is 0 Å². The first kappa shape index (κ1) is 12.7. The largest absolute Gasteiger partial charge is 0.304 e. The van der Waals surface area contributed by atoms with Crippen molar-refractivity contribution < 1.29 is 0 Å². The molecular formula is C16H15ClN4. The maximum Gasteiger partial charge on any atom is 0.139 e. The Kier molecular flexibility index (Phi) is 2.87. The van der Waals surface area contributed by atoms with Gasteiger partial charge in [0, 0.05) is 36.1 Å². The van der Waals surface area contributed by atoms with E-state index in [0.717, 1.165) is 17.4 Å². The summed E-state index contributed by atoms with van der Waals surface area (Å²) in [7, 11) is 1.97. The van der Waals surface area contributed by atoms with Crippen molar-refractivity contribution >= 4 is 11.6 Å². The molecule has 0 bridgehead atoms. The Morgan fingerprint density at radius 1 is 1.29 bits per heavy atom. The minimum absolute atomic E-state index is 0.117. The third-order valence-electron chi connectivity index (χ3n) is 3.96. The van der Waals surface area contributed by atoms with Crippen LogP contribution in [0.25, 0.3) is 5.82 Å². The summed E-state index contributed by atoms with van der Waals surface area (Å²) in [5.41, 5.74) is 3.56. The van der Waals surface area contributed by atoms with Crippen LogP contribution in [0.15, 0.2) is 48.8 Å². The van der Waals surface area contributed by atoms with Gasteiger partial charge < -0.3 is 9.88 Å². The molecule has 106 valence electrons. The molecule has 1 unspecified atom stereocenters. The summed E-state index contributed by atoms with van der Waals surface area (Å²) in [5.74, 6) is 1.12. The topological polar surface area (TPSA) is 34.8 Å². The van der Waals surface area contributed by atoms with Gasteiger partial charge in [0.05, 0.1) is 12.2 Å². The molecule has 4 nitrogen and oxygen atoms in total. The molecule has 1 aromatic carbocycles. The van der Waals surface area contributed by atoms with Crippen molar-refractivity contribution in [1.29, 1.82) is 0 Å². The highest BCUT2D eigenvalue weighted by Gasteiger charge is 2.24.